The molecule has 27 heavy (non-hydrogen) atoms. The van der Waals surface area contributed by atoms with Crippen LogP contribution in [0.25, 0.3) is 17.3 Å². The van der Waals surface area contributed by atoms with Gasteiger partial charge in [-0.1, -0.05) is 102 Å². The van der Waals surface area contributed by atoms with Crippen molar-refractivity contribution >= 4 is 11.9 Å². The third-order valence-electron chi connectivity index (χ3n) is 3.79. The van der Waals surface area contributed by atoms with Gasteiger partial charge in [-0.2, -0.15) is 0 Å². The van der Waals surface area contributed by atoms with Crippen molar-refractivity contribution in [1.82, 2.24) is 5.16 Å². The van der Waals surface area contributed by atoms with Gasteiger partial charge in [0.25, 0.3) is 0 Å². The maximum absolute atomic E-state index is 11.7. The first-order valence-electron chi connectivity index (χ1n) is 8.61. The van der Waals surface area contributed by atoms with Crippen molar-refractivity contribution in [2.75, 3.05) is 0 Å². The van der Waals surface area contributed by atoms with Crippen molar-refractivity contribution < 1.29 is 9.32 Å². The van der Waals surface area contributed by atoms with Crippen LogP contribution in [0.15, 0.2) is 114 Å². The smallest absolute Gasteiger partial charge is 0.185 e. The highest BCUT2D eigenvalue weighted by Crippen LogP contribution is 2.14. The number of carbonyl (C=O) groups excluding carboxylic acids is 1. The third kappa shape index (κ3) is 5.65. The molecule has 1 heterocycles. The molecule has 0 aliphatic carbocycles. The Morgan fingerprint density at radius 3 is 1.93 bits per heavy atom. The van der Waals surface area contributed by atoms with E-state index in [1.165, 1.54) is 0 Å². The summed E-state index contributed by atoms with van der Waals surface area (Å²) in [5, 5.41) is 3.81. The lowest BCUT2D eigenvalue weighted by Gasteiger charge is -1.94. The number of aromatic nitrogens is 1. The van der Waals surface area contributed by atoms with E-state index in [4.69, 9.17) is 4.52 Å². The van der Waals surface area contributed by atoms with Crippen LogP contribution >= 0.6 is 0 Å². The number of benzene rings is 3. The van der Waals surface area contributed by atoms with Crippen molar-refractivity contribution in [3.05, 3.63) is 121 Å². The number of rotatable bonds is 4. The molecule has 4 rings (SSSR count). The molecule has 0 aliphatic rings. The average Bonchev–Trinajstić information content (AvgIpc) is 3.30. The van der Waals surface area contributed by atoms with Gasteiger partial charge in [-0.05, 0) is 11.6 Å². The third-order valence-corrected chi connectivity index (χ3v) is 3.79. The van der Waals surface area contributed by atoms with Crippen molar-refractivity contribution in [2.24, 2.45) is 0 Å². The van der Waals surface area contributed by atoms with E-state index in [1.807, 2.05) is 103 Å². The van der Waals surface area contributed by atoms with Crippen LogP contribution in [-0.2, 0) is 0 Å². The van der Waals surface area contributed by atoms with Crippen LogP contribution in [0.1, 0.15) is 15.9 Å². The number of hydrogen-bond acceptors (Lipinski definition) is 3. The maximum Gasteiger partial charge on any atom is 0.185 e. The van der Waals surface area contributed by atoms with Gasteiger partial charge in [-0.25, -0.2) is 0 Å². The fourth-order valence-corrected chi connectivity index (χ4v) is 2.41. The summed E-state index contributed by atoms with van der Waals surface area (Å²) in [6.07, 6.45) is 5.00. The van der Waals surface area contributed by atoms with Gasteiger partial charge in [0.2, 0.25) is 0 Å². The van der Waals surface area contributed by atoms with Gasteiger partial charge in [-0.3, -0.25) is 4.79 Å². The minimum Gasteiger partial charge on any atom is -0.364 e. The van der Waals surface area contributed by atoms with E-state index >= 15 is 0 Å². The lowest BCUT2D eigenvalue weighted by Crippen LogP contribution is -1.92. The molecule has 0 fully saturated rings. The van der Waals surface area contributed by atoms with Crippen LogP contribution in [0.5, 0.6) is 0 Å². The fourth-order valence-electron chi connectivity index (χ4n) is 2.41. The number of hydrogen-bond donors (Lipinski definition) is 0. The van der Waals surface area contributed by atoms with Crippen LogP contribution in [-0.4, -0.2) is 10.9 Å². The van der Waals surface area contributed by atoms with Crippen LogP contribution in [0.2, 0.25) is 0 Å². The lowest BCUT2D eigenvalue weighted by molar-refractivity contribution is 0.104. The summed E-state index contributed by atoms with van der Waals surface area (Å²) < 4.78 is 4.72. The minimum absolute atomic E-state index is 0.0319. The Labute approximate surface area is 158 Å². The van der Waals surface area contributed by atoms with Gasteiger partial charge in [0.1, 0.15) is 12.0 Å². The quantitative estimate of drug-likeness (QED) is 0.338. The van der Waals surface area contributed by atoms with E-state index in [0.717, 1.165) is 22.4 Å². The van der Waals surface area contributed by atoms with Crippen molar-refractivity contribution in [3.63, 3.8) is 0 Å². The van der Waals surface area contributed by atoms with Gasteiger partial charge in [-0.15, -0.1) is 0 Å². The van der Waals surface area contributed by atoms with E-state index in [0.29, 0.717) is 0 Å². The molecule has 0 saturated carbocycles. The first-order valence-corrected chi connectivity index (χ1v) is 8.61. The summed E-state index contributed by atoms with van der Waals surface area (Å²) in [5.74, 6) is 0.0319. The second kappa shape index (κ2) is 9.68. The molecule has 1 aromatic heterocycles. The molecule has 0 spiro atoms. The molecule has 3 aromatic carbocycles. The molecule has 0 unspecified atom stereocenters. The molecular formula is C24H19NO2. The van der Waals surface area contributed by atoms with Crippen molar-refractivity contribution in [1.29, 1.82) is 0 Å². The van der Waals surface area contributed by atoms with E-state index in [9.17, 15) is 4.79 Å². The number of ketones is 1. The standard InChI is InChI=1S/C15H12O.C9H7NO/c16-15(14-9-5-2-6-10-14)12-11-13-7-3-1-4-8-13;1-2-4-8(5-3-1)9-6-7-11-10-9/h1-12H;1-7H. The predicted molar refractivity (Wildman–Crippen MR) is 108 cm³/mol. The molecule has 4 aromatic rings. The Morgan fingerprint density at radius 1 is 0.741 bits per heavy atom. The van der Waals surface area contributed by atoms with E-state index in [1.54, 1.807) is 12.3 Å². The summed E-state index contributed by atoms with van der Waals surface area (Å²) in [6.45, 7) is 0. The van der Waals surface area contributed by atoms with Gasteiger partial charge in [0.15, 0.2) is 5.78 Å². The number of nitrogens with zero attached hydrogens (tertiary/aromatic N) is 1. The molecule has 0 bridgehead atoms. The number of allylic oxidation sites excluding steroid dienone is 1. The Balaban J connectivity index is 0.000000166. The average molecular weight is 353 g/mol. The zero-order valence-electron chi connectivity index (χ0n) is 14.7. The molecule has 3 nitrogen and oxygen atoms in total. The van der Waals surface area contributed by atoms with Crippen molar-refractivity contribution in [3.8, 4) is 11.3 Å². The molecular weight excluding hydrogens is 334 g/mol. The second-order valence-corrected chi connectivity index (χ2v) is 5.73. The Hall–Kier alpha value is -3.72. The molecule has 0 amide bonds. The van der Waals surface area contributed by atoms with Gasteiger partial charge >= 0.3 is 0 Å². The summed E-state index contributed by atoms with van der Waals surface area (Å²) in [6, 6.07) is 30.8. The Morgan fingerprint density at radius 2 is 1.33 bits per heavy atom. The van der Waals surface area contributed by atoms with Crippen molar-refractivity contribution in [2.45, 2.75) is 0 Å². The van der Waals surface area contributed by atoms with Crippen LogP contribution in [0.4, 0.5) is 0 Å². The van der Waals surface area contributed by atoms with Crippen LogP contribution < -0.4 is 0 Å². The zero-order valence-corrected chi connectivity index (χ0v) is 14.7. The normalized spacial score (nSPS) is 10.2. The highest BCUT2D eigenvalue weighted by molar-refractivity contribution is 6.06. The molecule has 0 radical (unpaired) electrons. The highest BCUT2D eigenvalue weighted by atomic mass is 16.5. The largest absolute Gasteiger partial charge is 0.364 e. The fraction of sp³-hybridized carbons (Fsp3) is 0. The molecule has 0 saturated heterocycles. The number of carbonyl (C=O) groups is 1. The Kier molecular flexibility index (Phi) is 6.48. The molecule has 132 valence electrons. The molecule has 0 N–H and O–H groups in total. The maximum atomic E-state index is 11.7. The first-order chi connectivity index (χ1) is 13.3. The molecule has 3 heteroatoms. The lowest BCUT2D eigenvalue weighted by atomic mass is 10.1. The summed E-state index contributed by atoms with van der Waals surface area (Å²) in [7, 11) is 0. The summed E-state index contributed by atoms with van der Waals surface area (Å²) >= 11 is 0. The van der Waals surface area contributed by atoms with Gasteiger partial charge in [0, 0.05) is 17.2 Å². The summed E-state index contributed by atoms with van der Waals surface area (Å²) in [4.78, 5) is 11.7. The van der Waals surface area contributed by atoms with Gasteiger partial charge in [0.05, 0.1) is 0 Å². The topological polar surface area (TPSA) is 43.1 Å². The van der Waals surface area contributed by atoms with E-state index in [2.05, 4.69) is 5.16 Å². The van der Waals surface area contributed by atoms with Crippen LogP contribution in [0.3, 0.4) is 0 Å². The zero-order chi connectivity index (χ0) is 18.7. The monoisotopic (exact) mass is 353 g/mol. The van der Waals surface area contributed by atoms with Crippen LogP contribution in [0, 0.1) is 0 Å². The highest BCUT2D eigenvalue weighted by Gasteiger charge is 1.99. The molecule has 0 aliphatic heterocycles. The second-order valence-electron chi connectivity index (χ2n) is 5.73. The minimum atomic E-state index is 0.0319. The molecule has 0 atom stereocenters. The summed E-state index contributed by atoms with van der Waals surface area (Å²) in [5.41, 5.74) is 3.72. The SMILES string of the molecule is O=C(C=Cc1ccccc1)c1ccccc1.c1ccc(-c2ccon2)cc1. The van der Waals surface area contributed by atoms with E-state index < -0.39 is 0 Å². The first kappa shape index (κ1) is 18.1. The Bertz CT molecular complexity index is 961. The predicted octanol–water partition coefficient (Wildman–Crippen LogP) is 5.92. The van der Waals surface area contributed by atoms with Gasteiger partial charge < -0.3 is 4.52 Å². The van der Waals surface area contributed by atoms with E-state index in [-0.39, 0.29) is 5.78 Å².